The van der Waals surface area contributed by atoms with Gasteiger partial charge < -0.3 is 5.11 Å². The Hall–Kier alpha value is -2.04. The average molecular weight is 251 g/mol. The van der Waals surface area contributed by atoms with Gasteiger partial charge in [0.25, 0.3) is 0 Å². The summed E-state index contributed by atoms with van der Waals surface area (Å²) in [5.74, 6) is -2.37. The van der Waals surface area contributed by atoms with Crippen LogP contribution in [0.4, 0.5) is 8.78 Å². The number of hydrogen-bond donors (Lipinski definition) is 1. The Labute approximate surface area is 102 Å². The maximum atomic E-state index is 13.6. The summed E-state index contributed by atoms with van der Waals surface area (Å²) in [6.07, 6.45) is 0.134. The number of rotatable bonds is 3. The first kappa shape index (κ1) is 12.4. The number of carboxylic acids is 1. The zero-order chi connectivity index (χ0) is 13.3. The Morgan fingerprint density at radius 1 is 1.33 bits per heavy atom. The van der Waals surface area contributed by atoms with Gasteiger partial charge in [-0.05, 0) is 31.0 Å². The SMILES string of the molecule is Cc1cc(CCC(=O)O)c2cc(F)cc(F)c2n1. The van der Waals surface area contributed by atoms with Crippen molar-refractivity contribution >= 4 is 16.9 Å². The van der Waals surface area contributed by atoms with E-state index in [1.54, 1.807) is 13.0 Å². The number of nitrogens with zero attached hydrogens (tertiary/aromatic N) is 1. The number of aliphatic carboxylic acids is 1. The summed E-state index contributed by atoms with van der Waals surface area (Å²) in [5, 5.41) is 8.99. The van der Waals surface area contributed by atoms with E-state index in [1.165, 1.54) is 6.07 Å². The molecule has 2 aromatic rings. The molecule has 0 unspecified atom stereocenters. The first-order valence-electron chi connectivity index (χ1n) is 5.44. The standard InChI is InChI=1S/C13H11F2NO2/c1-7-4-8(2-3-12(17)18)10-5-9(14)6-11(15)13(10)16-7/h4-6H,2-3H2,1H3,(H,17,18). The number of aryl methyl sites for hydroxylation is 2. The number of aromatic nitrogens is 1. The average Bonchev–Trinajstić information content (AvgIpc) is 2.27. The minimum absolute atomic E-state index is 0.0804. The van der Waals surface area contributed by atoms with E-state index in [0.717, 1.165) is 6.07 Å². The maximum Gasteiger partial charge on any atom is 0.303 e. The molecule has 0 bridgehead atoms. The Balaban J connectivity index is 2.60. The lowest BCUT2D eigenvalue weighted by Gasteiger charge is -2.07. The van der Waals surface area contributed by atoms with Crippen molar-refractivity contribution in [3.63, 3.8) is 0 Å². The van der Waals surface area contributed by atoms with Gasteiger partial charge in [0.05, 0.1) is 0 Å². The van der Waals surface area contributed by atoms with E-state index in [4.69, 9.17) is 5.11 Å². The van der Waals surface area contributed by atoms with E-state index < -0.39 is 17.6 Å². The minimum atomic E-state index is -0.950. The molecule has 0 amide bonds. The molecule has 0 spiro atoms. The van der Waals surface area contributed by atoms with Crippen molar-refractivity contribution < 1.29 is 18.7 Å². The first-order chi connectivity index (χ1) is 8.47. The number of fused-ring (bicyclic) bond motifs is 1. The molecule has 0 atom stereocenters. The van der Waals surface area contributed by atoms with Crippen LogP contribution < -0.4 is 0 Å². The van der Waals surface area contributed by atoms with Crippen molar-refractivity contribution in [3.05, 3.63) is 41.1 Å². The molecular weight excluding hydrogens is 240 g/mol. The third-order valence-corrected chi connectivity index (χ3v) is 2.65. The Morgan fingerprint density at radius 3 is 2.72 bits per heavy atom. The highest BCUT2D eigenvalue weighted by atomic mass is 19.1. The lowest BCUT2D eigenvalue weighted by Crippen LogP contribution is -2.00. The molecule has 1 heterocycles. The molecule has 1 aromatic heterocycles. The molecule has 0 saturated heterocycles. The fourth-order valence-corrected chi connectivity index (χ4v) is 1.91. The van der Waals surface area contributed by atoms with Crippen molar-refractivity contribution in [3.8, 4) is 0 Å². The summed E-state index contributed by atoms with van der Waals surface area (Å²) in [5.41, 5.74) is 1.25. The van der Waals surface area contributed by atoms with Gasteiger partial charge in [0.1, 0.15) is 11.3 Å². The molecular formula is C13H11F2NO2. The van der Waals surface area contributed by atoms with Gasteiger partial charge in [0.15, 0.2) is 5.82 Å². The number of carbonyl (C=O) groups is 1. The molecule has 0 fully saturated rings. The number of halogens is 2. The highest BCUT2D eigenvalue weighted by Gasteiger charge is 2.11. The Bertz CT molecular complexity index is 626. The second kappa shape index (κ2) is 4.68. The van der Waals surface area contributed by atoms with E-state index in [-0.39, 0.29) is 18.4 Å². The lowest BCUT2D eigenvalue weighted by atomic mass is 10.0. The molecule has 0 aliphatic heterocycles. The van der Waals surface area contributed by atoms with Crippen molar-refractivity contribution in [1.82, 2.24) is 4.98 Å². The molecule has 3 nitrogen and oxygen atoms in total. The fourth-order valence-electron chi connectivity index (χ4n) is 1.91. The summed E-state index contributed by atoms with van der Waals surface area (Å²) in [6.45, 7) is 1.69. The largest absolute Gasteiger partial charge is 0.481 e. The minimum Gasteiger partial charge on any atom is -0.481 e. The van der Waals surface area contributed by atoms with Gasteiger partial charge in [-0.2, -0.15) is 0 Å². The predicted octanol–water partition coefficient (Wildman–Crippen LogP) is 2.84. The molecule has 0 saturated carbocycles. The summed E-state index contributed by atoms with van der Waals surface area (Å²) < 4.78 is 26.8. The van der Waals surface area contributed by atoms with Crippen LogP contribution in [0.3, 0.4) is 0 Å². The molecule has 0 aliphatic carbocycles. The van der Waals surface area contributed by atoms with Gasteiger partial charge >= 0.3 is 5.97 Å². The number of hydrogen-bond acceptors (Lipinski definition) is 2. The summed E-state index contributed by atoms with van der Waals surface area (Å²) >= 11 is 0. The van der Waals surface area contributed by atoms with Crippen LogP contribution in [0.25, 0.3) is 10.9 Å². The van der Waals surface area contributed by atoms with Crippen LogP contribution in [0.15, 0.2) is 18.2 Å². The monoisotopic (exact) mass is 251 g/mol. The van der Waals surface area contributed by atoms with Crippen LogP contribution in [-0.2, 0) is 11.2 Å². The molecule has 0 aliphatic rings. The molecule has 0 radical (unpaired) electrons. The maximum absolute atomic E-state index is 13.6. The first-order valence-corrected chi connectivity index (χ1v) is 5.44. The van der Waals surface area contributed by atoms with Gasteiger partial charge in [-0.1, -0.05) is 0 Å². The molecule has 18 heavy (non-hydrogen) atoms. The zero-order valence-corrected chi connectivity index (χ0v) is 9.70. The number of pyridine rings is 1. The third kappa shape index (κ3) is 2.45. The summed E-state index contributed by atoms with van der Waals surface area (Å²) in [7, 11) is 0. The number of carboxylic acid groups (broad SMARTS) is 1. The van der Waals surface area contributed by atoms with Crippen molar-refractivity contribution in [2.45, 2.75) is 19.8 Å². The van der Waals surface area contributed by atoms with Crippen molar-refractivity contribution in [2.24, 2.45) is 0 Å². The quantitative estimate of drug-likeness (QED) is 0.912. The molecule has 1 aromatic carbocycles. The van der Waals surface area contributed by atoms with Crippen LogP contribution >= 0.6 is 0 Å². The highest BCUT2D eigenvalue weighted by molar-refractivity contribution is 5.83. The van der Waals surface area contributed by atoms with Crippen molar-refractivity contribution in [2.75, 3.05) is 0 Å². The summed E-state index contributed by atoms with van der Waals surface area (Å²) in [6, 6.07) is 3.61. The van der Waals surface area contributed by atoms with E-state index in [1.807, 2.05) is 0 Å². The topological polar surface area (TPSA) is 50.2 Å². The van der Waals surface area contributed by atoms with E-state index >= 15 is 0 Å². The Kier molecular flexibility index (Phi) is 3.23. The highest BCUT2D eigenvalue weighted by Crippen LogP contribution is 2.23. The second-order valence-electron chi connectivity index (χ2n) is 4.10. The van der Waals surface area contributed by atoms with Gasteiger partial charge in [-0.25, -0.2) is 8.78 Å². The van der Waals surface area contributed by atoms with Gasteiger partial charge in [0.2, 0.25) is 0 Å². The van der Waals surface area contributed by atoms with Crippen LogP contribution in [0, 0.1) is 18.6 Å². The molecule has 2 rings (SSSR count). The second-order valence-corrected chi connectivity index (χ2v) is 4.10. The van der Waals surface area contributed by atoms with Crippen molar-refractivity contribution in [1.29, 1.82) is 0 Å². The van der Waals surface area contributed by atoms with Gasteiger partial charge in [-0.3, -0.25) is 9.78 Å². The van der Waals surface area contributed by atoms with Crippen LogP contribution in [0.5, 0.6) is 0 Å². The normalized spacial score (nSPS) is 10.8. The predicted molar refractivity (Wildman–Crippen MR) is 62.4 cm³/mol. The third-order valence-electron chi connectivity index (χ3n) is 2.65. The molecule has 94 valence electrons. The van der Waals surface area contributed by atoms with E-state index in [9.17, 15) is 13.6 Å². The van der Waals surface area contributed by atoms with Crippen LogP contribution in [-0.4, -0.2) is 16.1 Å². The van der Waals surface area contributed by atoms with E-state index in [0.29, 0.717) is 16.6 Å². The zero-order valence-electron chi connectivity index (χ0n) is 9.70. The van der Waals surface area contributed by atoms with E-state index in [2.05, 4.69) is 4.98 Å². The van der Waals surface area contributed by atoms with Gasteiger partial charge in [0, 0.05) is 23.6 Å². The number of benzene rings is 1. The molecule has 1 N–H and O–H groups in total. The van der Waals surface area contributed by atoms with Crippen LogP contribution in [0.2, 0.25) is 0 Å². The van der Waals surface area contributed by atoms with Gasteiger partial charge in [-0.15, -0.1) is 0 Å². The fraction of sp³-hybridized carbons (Fsp3) is 0.231. The Morgan fingerprint density at radius 2 is 2.06 bits per heavy atom. The molecule has 5 heteroatoms. The summed E-state index contributed by atoms with van der Waals surface area (Å²) in [4.78, 5) is 14.6. The lowest BCUT2D eigenvalue weighted by molar-refractivity contribution is -0.136. The smallest absolute Gasteiger partial charge is 0.303 e. The van der Waals surface area contributed by atoms with Crippen LogP contribution in [0.1, 0.15) is 17.7 Å².